The number of nitrogens with zero attached hydrogens (tertiary/aromatic N) is 1. The van der Waals surface area contributed by atoms with Gasteiger partial charge in [0.2, 0.25) is 9.84 Å². The fourth-order valence-corrected chi connectivity index (χ4v) is 4.27. The largest absolute Gasteiger partial charge is 0.477 e. The van der Waals surface area contributed by atoms with Crippen LogP contribution < -0.4 is 4.90 Å². The van der Waals surface area contributed by atoms with E-state index in [0.29, 0.717) is 24.4 Å². The quantitative estimate of drug-likeness (QED) is 0.830. The van der Waals surface area contributed by atoms with E-state index >= 15 is 0 Å². The Morgan fingerprint density at radius 2 is 2.00 bits per heavy atom. The molecule has 6 heteroatoms. The zero-order valence-corrected chi connectivity index (χ0v) is 10.3. The Kier molecular flexibility index (Phi) is 2.25. The number of carbonyl (C=O) groups is 1. The third-order valence-electron chi connectivity index (χ3n) is 3.29. The summed E-state index contributed by atoms with van der Waals surface area (Å²) in [7, 11) is -3.90. The second-order valence-corrected chi connectivity index (χ2v) is 6.16. The number of carboxylic acid groups (broad SMARTS) is 1. The number of hydrogen-bond acceptors (Lipinski definition) is 4. The van der Waals surface area contributed by atoms with Gasteiger partial charge in [-0.2, -0.15) is 0 Å². The lowest BCUT2D eigenvalue weighted by molar-refractivity contribution is -0.131. The second kappa shape index (κ2) is 3.58. The molecule has 0 saturated carbocycles. The standard InChI is InChI=1S/C12H11NO4S/c14-12(15)11-9-5-3-7-13(9)8-4-1-2-6-10(8)18(11,16)17/h1-2,4,6H,3,5,7H2,(H,14,15). The number of rotatable bonds is 1. The van der Waals surface area contributed by atoms with E-state index in [-0.39, 0.29) is 4.90 Å². The van der Waals surface area contributed by atoms with Crippen molar-refractivity contribution in [2.45, 2.75) is 17.7 Å². The SMILES string of the molecule is O=C(O)C1=C2CCCN2c2ccccc2S1(=O)=O. The first-order valence-corrected chi connectivity index (χ1v) is 7.10. The summed E-state index contributed by atoms with van der Waals surface area (Å²) in [5, 5.41) is 9.18. The second-order valence-electron chi connectivity index (χ2n) is 4.31. The van der Waals surface area contributed by atoms with E-state index in [1.165, 1.54) is 6.07 Å². The van der Waals surface area contributed by atoms with Crippen LogP contribution in [0.2, 0.25) is 0 Å². The van der Waals surface area contributed by atoms with Gasteiger partial charge in [0.15, 0.2) is 4.91 Å². The topological polar surface area (TPSA) is 74.7 Å². The van der Waals surface area contributed by atoms with Crippen LogP contribution >= 0.6 is 0 Å². The number of sulfone groups is 1. The van der Waals surface area contributed by atoms with Crippen LogP contribution in [0.25, 0.3) is 0 Å². The molecule has 0 aromatic heterocycles. The van der Waals surface area contributed by atoms with Crippen LogP contribution in [-0.4, -0.2) is 26.0 Å². The normalized spacial score (nSPS) is 20.6. The summed E-state index contributed by atoms with van der Waals surface area (Å²) in [5.41, 5.74) is 1.01. The van der Waals surface area contributed by atoms with Crippen LogP contribution in [-0.2, 0) is 14.6 Å². The van der Waals surface area contributed by atoms with Gasteiger partial charge in [-0.05, 0) is 25.0 Å². The lowest BCUT2D eigenvalue weighted by atomic mass is 10.2. The van der Waals surface area contributed by atoms with E-state index < -0.39 is 20.7 Å². The predicted octanol–water partition coefficient (Wildman–Crippen LogP) is 1.37. The molecule has 1 aromatic carbocycles. The molecule has 0 radical (unpaired) electrons. The Morgan fingerprint density at radius 3 is 2.72 bits per heavy atom. The minimum atomic E-state index is -3.90. The molecule has 2 aliphatic heterocycles. The van der Waals surface area contributed by atoms with Gasteiger partial charge in [-0.1, -0.05) is 12.1 Å². The highest BCUT2D eigenvalue weighted by Crippen LogP contribution is 2.42. The Balaban J connectivity index is 2.38. The van der Waals surface area contributed by atoms with Crippen molar-refractivity contribution >= 4 is 21.5 Å². The van der Waals surface area contributed by atoms with Crippen LogP contribution in [0, 0.1) is 0 Å². The Hall–Kier alpha value is -1.82. The number of aliphatic carboxylic acids is 1. The van der Waals surface area contributed by atoms with Crippen molar-refractivity contribution in [3.63, 3.8) is 0 Å². The van der Waals surface area contributed by atoms with E-state index in [1.54, 1.807) is 23.1 Å². The number of fused-ring (bicyclic) bond motifs is 3. The van der Waals surface area contributed by atoms with Gasteiger partial charge in [0.1, 0.15) is 0 Å². The average molecular weight is 265 g/mol. The first-order chi connectivity index (χ1) is 8.53. The molecule has 0 atom stereocenters. The van der Waals surface area contributed by atoms with Crippen LogP contribution in [0.5, 0.6) is 0 Å². The summed E-state index contributed by atoms with van der Waals surface area (Å²) in [5.74, 6) is -1.37. The van der Waals surface area contributed by atoms with E-state index in [4.69, 9.17) is 0 Å². The zero-order valence-electron chi connectivity index (χ0n) is 9.46. The number of benzene rings is 1. The molecule has 0 spiro atoms. The zero-order chi connectivity index (χ0) is 12.9. The van der Waals surface area contributed by atoms with Gasteiger partial charge in [-0.25, -0.2) is 13.2 Å². The van der Waals surface area contributed by atoms with Crippen LogP contribution in [0.1, 0.15) is 12.8 Å². The first kappa shape index (κ1) is 11.3. The van der Waals surface area contributed by atoms with Crippen LogP contribution in [0.4, 0.5) is 5.69 Å². The van der Waals surface area contributed by atoms with E-state index in [2.05, 4.69) is 0 Å². The van der Waals surface area contributed by atoms with Crippen molar-refractivity contribution in [2.75, 3.05) is 11.4 Å². The van der Waals surface area contributed by atoms with E-state index in [0.717, 1.165) is 6.42 Å². The molecule has 1 fully saturated rings. The maximum Gasteiger partial charge on any atom is 0.349 e. The van der Waals surface area contributed by atoms with Gasteiger partial charge in [0.05, 0.1) is 10.6 Å². The molecule has 5 nitrogen and oxygen atoms in total. The first-order valence-electron chi connectivity index (χ1n) is 5.61. The molecule has 1 N–H and O–H groups in total. The smallest absolute Gasteiger partial charge is 0.349 e. The van der Waals surface area contributed by atoms with Crippen molar-refractivity contribution in [1.29, 1.82) is 0 Å². The summed E-state index contributed by atoms with van der Waals surface area (Å²) in [6, 6.07) is 6.55. The van der Waals surface area contributed by atoms with Gasteiger partial charge in [-0.3, -0.25) is 0 Å². The van der Waals surface area contributed by atoms with Crippen molar-refractivity contribution in [3.05, 3.63) is 34.9 Å². The molecule has 94 valence electrons. The van der Waals surface area contributed by atoms with Crippen molar-refractivity contribution in [2.24, 2.45) is 0 Å². The maximum absolute atomic E-state index is 12.3. The average Bonchev–Trinajstić information content (AvgIpc) is 2.77. The number of hydrogen-bond donors (Lipinski definition) is 1. The van der Waals surface area contributed by atoms with Gasteiger partial charge < -0.3 is 10.0 Å². The molecule has 0 amide bonds. The van der Waals surface area contributed by atoms with E-state index in [9.17, 15) is 18.3 Å². The monoisotopic (exact) mass is 265 g/mol. The Morgan fingerprint density at radius 1 is 1.28 bits per heavy atom. The highest BCUT2D eigenvalue weighted by atomic mass is 32.2. The number of para-hydroxylation sites is 1. The molecule has 1 aromatic rings. The van der Waals surface area contributed by atoms with Crippen molar-refractivity contribution in [3.8, 4) is 0 Å². The number of anilines is 1. The molecule has 2 aliphatic rings. The highest BCUT2D eigenvalue weighted by molar-refractivity contribution is 7.96. The summed E-state index contributed by atoms with van der Waals surface area (Å²) >= 11 is 0. The van der Waals surface area contributed by atoms with Crippen molar-refractivity contribution < 1.29 is 18.3 Å². The molecular formula is C12H11NO4S. The highest BCUT2D eigenvalue weighted by Gasteiger charge is 2.41. The molecule has 3 rings (SSSR count). The van der Waals surface area contributed by atoms with Crippen LogP contribution in [0.3, 0.4) is 0 Å². The summed E-state index contributed by atoms with van der Waals surface area (Å²) < 4.78 is 24.6. The number of carboxylic acids is 1. The molecular weight excluding hydrogens is 254 g/mol. The fraction of sp³-hybridized carbons (Fsp3) is 0.250. The molecule has 0 aliphatic carbocycles. The lowest BCUT2D eigenvalue weighted by Gasteiger charge is -2.28. The number of allylic oxidation sites excluding steroid dienone is 1. The van der Waals surface area contributed by atoms with Crippen LogP contribution in [0.15, 0.2) is 39.8 Å². The molecule has 18 heavy (non-hydrogen) atoms. The summed E-state index contributed by atoms with van der Waals surface area (Å²) in [6.45, 7) is 0.665. The third-order valence-corrected chi connectivity index (χ3v) is 5.16. The third kappa shape index (κ3) is 1.32. The van der Waals surface area contributed by atoms with Gasteiger partial charge >= 0.3 is 5.97 Å². The lowest BCUT2D eigenvalue weighted by Crippen LogP contribution is -2.30. The molecule has 0 bridgehead atoms. The fourth-order valence-electron chi connectivity index (χ4n) is 2.59. The molecule has 1 saturated heterocycles. The Labute approximate surface area is 104 Å². The minimum absolute atomic E-state index is 0.0908. The summed E-state index contributed by atoms with van der Waals surface area (Å²) in [6.07, 6.45) is 1.27. The maximum atomic E-state index is 12.3. The van der Waals surface area contributed by atoms with E-state index in [1.807, 2.05) is 0 Å². The molecule has 0 unspecified atom stereocenters. The van der Waals surface area contributed by atoms with Gasteiger partial charge in [0.25, 0.3) is 0 Å². The van der Waals surface area contributed by atoms with Gasteiger partial charge in [0, 0.05) is 12.2 Å². The Bertz CT molecular complexity index is 675. The molecule has 2 heterocycles. The predicted molar refractivity (Wildman–Crippen MR) is 64.9 cm³/mol. The summed E-state index contributed by atoms with van der Waals surface area (Å²) in [4.78, 5) is 12.7. The minimum Gasteiger partial charge on any atom is -0.477 e. The van der Waals surface area contributed by atoms with Gasteiger partial charge in [-0.15, -0.1) is 0 Å². The van der Waals surface area contributed by atoms with Crippen molar-refractivity contribution in [1.82, 2.24) is 0 Å².